The van der Waals surface area contributed by atoms with E-state index in [1.165, 1.54) is 89.9 Å². The van der Waals surface area contributed by atoms with Crippen molar-refractivity contribution in [2.45, 2.75) is 186 Å². The molecule has 42 heavy (non-hydrogen) atoms. The van der Waals surface area contributed by atoms with Crippen molar-refractivity contribution in [1.82, 2.24) is 5.32 Å². The van der Waals surface area contributed by atoms with Crippen molar-refractivity contribution < 1.29 is 20.1 Å². The third-order valence-corrected chi connectivity index (χ3v) is 7.94. The molecule has 5 nitrogen and oxygen atoms in total. The number of allylic oxidation sites excluding steroid dienone is 6. The van der Waals surface area contributed by atoms with Crippen LogP contribution >= 0.6 is 0 Å². The van der Waals surface area contributed by atoms with Gasteiger partial charge >= 0.3 is 0 Å². The van der Waals surface area contributed by atoms with Crippen molar-refractivity contribution in [1.29, 1.82) is 0 Å². The largest absolute Gasteiger partial charge is 0.394 e. The average Bonchev–Trinajstić information content (AvgIpc) is 2.99. The van der Waals surface area contributed by atoms with E-state index in [1.807, 2.05) is 0 Å². The highest BCUT2D eigenvalue weighted by atomic mass is 16.3. The van der Waals surface area contributed by atoms with Gasteiger partial charge in [0.25, 0.3) is 0 Å². The maximum absolute atomic E-state index is 12.3. The predicted molar refractivity (Wildman–Crippen MR) is 181 cm³/mol. The fraction of sp³-hybridized carbons (Fsp3) is 0.811. The van der Waals surface area contributed by atoms with E-state index in [1.54, 1.807) is 0 Å². The van der Waals surface area contributed by atoms with Gasteiger partial charge < -0.3 is 20.6 Å². The summed E-state index contributed by atoms with van der Waals surface area (Å²) >= 11 is 0. The molecule has 0 radical (unpaired) electrons. The van der Waals surface area contributed by atoms with Gasteiger partial charge in [0, 0.05) is 6.42 Å². The molecule has 0 spiro atoms. The number of aliphatic hydroxyl groups excluding tert-OH is 3. The fourth-order valence-electron chi connectivity index (χ4n) is 5.10. The summed E-state index contributed by atoms with van der Waals surface area (Å²) in [6, 6.07) is -0.831. The molecule has 0 aromatic heterocycles. The van der Waals surface area contributed by atoms with Crippen molar-refractivity contribution in [2.24, 2.45) is 0 Å². The molecule has 0 aliphatic carbocycles. The Morgan fingerprint density at radius 3 is 1.52 bits per heavy atom. The number of carbonyl (C=O) groups is 1. The highest BCUT2D eigenvalue weighted by Crippen LogP contribution is 2.13. The molecule has 0 aromatic carbocycles. The van der Waals surface area contributed by atoms with Crippen molar-refractivity contribution in [2.75, 3.05) is 6.61 Å². The lowest BCUT2D eigenvalue weighted by Gasteiger charge is -2.26. The average molecular weight is 592 g/mol. The Balaban J connectivity index is 3.76. The monoisotopic (exact) mass is 592 g/mol. The van der Waals surface area contributed by atoms with Crippen molar-refractivity contribution in [3.05, 3.63) is 36.5 Å². The zero-order valence-corrected chi connectivity index (χ0v) is 27.6. The van der Waals surface area contributed by atoms with Crippen molar-refractivity contribution in [3.63, 3.8) is 0 Å². The molecular formula is C37H69NO4. The molecule has 0 aliphatic rings. The van der Waals surface area contributed by atoms with Gasteiger partial charge in [0.05, 0.1) is 18.8 Å². The Morgan fingerprint density at radius 2 is 1.00 bits per heavy atom. The van der Waals surface area contributed by atoms with Gasteiger partial charge in [-0.1, -0.05) is 127 Å². The van der Waals surface area contributed by atoms with Crippen LogP contribution in [-0.4, -0.2) is 46.1 Å². The van der Waals surface area contributed by atoms with Gasteiger partial charge in [-0.25, -0.2) is 0 Å². The van der Waals surface area contributed by atoms with Crippen LogP contribution < -0.4 is 5.32 Å². The van der Waals surface area contributed by atoms with Crippen LogP contribution in [-0.2, 0) is 4.79 Å². The molecule has 4 N–H and O–H groups in total. The summed E-state index contributed by atoms with van der Waals surface area (Å²) in [6.45, 7) is 4.08. The number of hydrogen-bond donors (Lipinski definition) is 4. The Kier molecular flexibility index (Phi) is 31.4. The molecule has 0 heterocycles. The summed E-state index contributed by atoms with van der Waals surface area (Å²) in [5, 5.41) is 33.2. The number of carbonyl (C=O) groups excluding carboxylic acids is 1. The van der Waals surface area contributed by atoms with Crippen LogP contribution in [0.3, 0.4) is 0 Å². The van der Waals surface area contributed by atoms with Crippen LogP contribution in [0.15, 0.2) is 36.5 Å². The molecule has 0 aromatic rings. The molecule has 1 amide bonds. The van der Waals surface area contributed by atoms with Gasteiger partial charge in [0.2, 0.25) is 5.91 Å². The van der Waals surface area contributed by atoms with Crippen molar-refractivity contribution in [3.8, 4) is 0 Å². The van der Waals surface area contributed by atoms with E-state index in [2.05, 4.69) is 55.6 Å². The summed E-state index contributed by atoms with van der Waals surface area (Å²) in [4.78, 5) is 12.3. The first-order valence-corrected chi connectivity index (χ1v) is 17.8. The zero-order valence-electron chi connectivity index (χ0n) is 27.6. The molecule has 0 bridgehead atoms. The predicted octanol–water partition coefficient (Wildman–Crippen LogP) is 9.26. The van der Waals surface area contributed by atoms with E-state index in [-0.39, 0.29) is 12.5 Å². The normalized spacial score (nSPS) is 14.3. The van der Waals surface area contributed by atoms with E-state index in [0.717, 1.165) is 51.4 Å². The Hall–Kier alpha value is -1.43. The summed E-state index contributed by atoms with van der Waals surface area (Å²) in [7, 11) is 0. The number of hydrogen-bond acceptors (Lipinski definition) is 4. The molecule has 0 saturated carbocycles. The third kappa shape index (κ3) is 27.4. The summed E-state index contributed by atoms with van der Waals surface area (Å²) in [5.41, 5.74) is 0. The molecule has 3 atom stereocenters. The van der Waals surface area contributed by atoms with Gasteiger partial charge in [-0.2, -0.15) is 0 Å². The smallest absolute Gasteiger partial charge is 0.220 e. The lowest BCUT2D eigenvalue weighted by molar-refractivity contribution is -0.124. The number of nitrogens with one attached hydrogen (secondary N) is 1. The van der Waals surface area contributed by atoms with Crippen LogP contribution in [0.2, 0.25) is 0 Å². The number of rotatable bonds is 31. The fourth-order valence-corrected chi connectivity index (χ4v) is 5.10. The van der Waals surface area contributed by atoms with Crippen molar-refractivity contribution >= 4 is 5.91 Å². The molecular weight excluding hydrogens is 522 g/mol. The first-order valence-electron chi connectivity index (χ1n) is 17.8. The lowest BCUT2D eigenvalue weighted by Crippen LogP contribution is -2.50. The first kappa shape index (κ1) is 40.6. The van der Waals surface area contributed by atoms with Gasteiger partial charge in [-0.05, 0) is 70.6 Å². The first-order chi connectivity index (χ1) is 20.6. The van der Waals surface area contributed by atoms with Gasteiger partial charge in [-0.15, -0.1) is 0 Å². The minimum absolute atomic E-state index is 0.167. The summed E-state index contributed by atoms with van der Waals surface area (Å²) in [5.74, 6) is -0.167. The van der Waals surface area contributed by atoms with Crippen LogP contribution in [0.1, 0.15) is 168 Å². The third-order valence-electron chi connectivity index (χ3n) is 7.94. The van der Waals surface area contributed by atoms with Gasteiger partial charge in [-0.3, -0.25) is 4.79 Å². The van der Waals surface area contributed by atoms with E-state index >= 15 is 0 Å². The lowest BCUT2D eigenvalue weighted by atomic mass is 10.0. The van der Waals surface area contributed by atoms with E-state index in [9.17, 15) is 20.1 Å². The molecule has 246 valence electrons. The minimum atomic E-state index is -1.17. The molecule has 0 fully saturated rings. The van der Waals surface area contributed by atoms with Crippen LogP contribution in [0.5, 0.6) is 0 Å². The summed E-state index contributed by atoms with van der Waals surface area (Å²) in [6.07, 6.45) is 38.1. The molecule has 3 unspecified atom stereocenters. The van der Waals surface area contributed by atoms with Gasteiger partial charge in [0.1, 0.15) is 6.10 Å². The Morgan fingerprint density at radius 1 is 0.571 bits per heavy atom. The number of unbranched alkanes of at least 4 members (excludes halogenated alkanes) is 17. The van der Waals surface area contributed by atoms with E-state index in [0.29, 0.717) is 12.8 Å². The standard InChI is InChI=1S/C37H69NO4/c1-3-5-7-9-11-13-15-16-17-18-19-20-22-24-26-28-30-32-36(41)38-34(33-39)37(42)35(40)31-29-27-25-23-21-14-12-10-8-6-4-2/h10,12,16-17,23,25,34-35,37,39-40,42H,3-9,11,13-15,18-22,24,26-33H2,1-2H3,(H,38,41)/b12-10+,17-16-,25-23+. The number of amides is 1. The van der Waals surface area contributed by atoms with Gasteiger partial charge in [0.15, 0.2) is 0 Å². The van der Waals surface area contributed by atoms with Crippen LogP contribution in [0.4, 0.5) is 0 Å². The van der Waals surface area contributed by atoms with Crippen LogP contribution in [0, 0.1) is 0 Å². The Labute approximate surface area is 260 Å². The summed E-state index contributed by atoms with van der Waals surface area (Å²) < 4.78 is 0. The minimum Gasteiger partial charge on any atom is -0.394 e. The van der Waals surface area contributed by atoms with Crippen LogP contribution in [0.25, 0.3) is 0 Å². The second-order valence-corrected chi connectivity index (χ2v) is 12.0. The second-order valence-electron chi connectivity index (χ2n) is 12.0. The molecule has 5 heteroatoms. The molecule has 0 aliphatic heterocycles. The highest BCUT2D eigenvalue weighted by molar-refractivity contribution is 5.76. The maximum atomic E-state index is 12.3. The van der Waals surface area contributed by atoms with E-state index in [4.69, 9.17) is 0 Å². The quantitative estimate of drug-likeness (QED) is 0.0478. The Bertz CT molecular complexity index is 660. The highest BCUT2D eigenvalue weighted by Gasteiger charge is 2.26. The zero-order chi connectivity index (χ0) is 30.9. The maximum Gasteiger partial charge on any atom is 0.220 e. The molecule has 0 saturated heterocycles. The second kappa shape index (κ2) is 32.5. The van der Waals surface area contributed by atoms with E-state index < -0.39 is 18.2 Å². The topological polar surface area (TPSA) is 89.8 Å². The molecule has 0 rings (SSSR count). The SMILES string of the molecule is CCCC/C=C/CC/C=C/CCCC(O)C(O)C(CO)NC(=O)CCCCCCCCC/C=C\CCCCCCCC. The number of aliphatic hydroxyl groups is 3.